The number of imide groups is 1. The topological polar surface area (TPSA) is 78.5 Å². The molecule has 29 heavy (non-hydrogen) atoms. The molecule has 0 saturated carbocycles. The summed E-state index contributed by atoms with van der Waals surface area (Å²) in [5.74, 6) is -1.89. The van der Waals surface area contributed by atoms with E-state index < -0.39 is 35.7 Å². The largest absolute Gasteiger partial charge is 0.325 e. The highest BCUT2D eigenvalue weighted by molar-refractivity contribution is 6.30. The molecule has 0 bridgehead atoms. The fraction of sp³-hybridized carbons (Fsp3) is 0.286. The Labute approximate surface area is 172 Å². The smallest absolute Gasteiger partial charge is 0.322 e. The van der Waals surface area contributed by atoms with Crippen molar-refractivity contribution in [2.45, 2.75) is 31.7 Å². The Morgan fingerprint density at radius 2 is 1.97 bits per heavy atom. The van der Waals surface area contributed by atoms with Gasteiger partial charge in [-0.25, -0.2) is 9.18 Å². The van der Waals surface area contributed by atoms with Crippen LogP contribution in [-0.4, -0.2) is 29.3 Å². The molecular weight excluding hydrogens is 397 g/mol. The lowest BCUT2D eigenvalue weighted by atomic mass is 9.89. The number of urea groups is 1. The quantitative estimate of drug-likeness (QED) is 0.751. The minimum atomic E-state index is -1.25. The highest BCUT2D eigenvalue weighted by Gasteiger charge is 2.49. The summed E-state index contributed by atoms with van der Waals surface area (Å²) in [4.78, 5) is 38.6. The maximum Gasteiger partial charge on any atom is 0.325 e. The second-order valence-corrected chi connectivity index (χ2v) is 7.89. The van der Waals surface area contributed by atoms with Crippen molar-refractivity contribution < 1.29 is 18.8 Å². The second kappa shape index (κ2) is 7.15. The van der Waals surface area contributed by atoms with Gasteiger partial charge in [0.2, 0.25) is 5.91 Å². The standard InChI is InChI=1S/C21H19ClFN3O3/c1-21(14-6-5-12-3-2-4-13(12)9-14)19(28)26(20(29)25-21)11-18(27)24-17-10-15(22)7-8-16(17)23/h5-10H,2-4,11H2,1H3,(H,24,27)(H,25,29)/t21-/m1/s1. The molecule has 0 unspecified atom stereocenters. The van der Waals surface area contributed by atoms with Crippen LogP contribution in [0.5, 0.6) is 0 Å². The van der Waals surface area contributed by atoms with Crippen LogP contribution in [0.2, 0.25) is 5.02 Å². The van der Waals surface area contributed by atoms with Gasteiger partial charge in [0, 0.05) is 5.02 Å². The van der Waals surface area contributed by atoms with E-state index in [1.54, 1.807) is 6.92 Å². The first kappa shape index (κ1) is 19.4. The minimum Gasteiger partial charge on any atom is -0.322 e. The Morgan fingerprint density at radius 1 is 1.21 bits per heavy atom. The number of carbonyl (C=O) groups is 3. The molecule has 0 spiro atoms. The molecule has 2 aliphatic rings. The predicted octanol–water partition coefficient (Wildman–Crippen LogP) is 3.37. The molecule has 1 heterocycles. The van der Waals surface area contributed by atoms with E-state index in [4.69, 9.17) is 11.6 Å². The molecule has 4 rings (SSSR count). The van der Waals surface area contributed by atoms with E-state index in [0.717, 1.165) is 30.2 Å². The van der Waals surface area contributed by atoms with Crippen LogP contribution >= 0.6 is 11.6 Å². The van der Waals surface area contributed by atoms with E-state index >= 15 is 0 Å². The molecule has 150 valence electrons. The van der Waals surface area contributed by atoms with E-state index in [1.165, 1.54) is 23.3 Å². The van der Waals surface area contributed by atoms with Crippen molar-refractivity contribution in [1.29, 1.82) is 0 Å². The molecule has 1 fully saturated rings. The molecular formula is C21H19ClFN3O3. The summed E-state index contributed by atoms with van der Waals surface area (Å²) in [6.07, 6.45) is 3.03. The van der Waals surface area contributed by atoms with E-state index in [1.807, 2.05) is 18.2 Å². The molecule has 1 saturated heterocycles. The number of anilines is 1. The number of benzene rings is 2. The fourth-order valence-corrected chi connectivity index (χ4v) is 4.02. The van der Waals surface area contributed by atoms with Crippen molar-refractivity contribution in [1.82, 2.24) is 10.2 Å². The second-order valence-electron chi connectivity index (χ2n) is 7.46. The van der Waals surface area contributed by atoms with Crippen LogP contribution in [0.15, 0.2) is 36.4 Å². The van der Waals surface area contributed by atoms with Crippen molar-refractivity contribution in [3.8, 4) is 0 Å². The third-order valence-corrected chi connectivity index (χ3v) is 5.69. The lowest BCUT2D eigenvalue weighted by Crippen LogP contribution is -2.42. The number of nitrogens with zero attached hydrogens (tertiary/aromatic N) is 1. The number of hydrogen-bond donors (Lipinski definition) is 2. The third kappa shape index (κ3) is 3.46. The van der Waals surface area contributed by atoms with Crippen molar-refractivity contribution >= 4 is 35.1 Å². The highest BCUT2D eigenvalue weighted by atomic mass is 35.5. The Morgan fingerprint density at radius 3 is 2.76 bits per heavy atom. The van der Waals surface area contributed by atoms with Crippen LogP contribution in [0.25, 0.3) is 0 Å². The first-order chi connectivity index (χ1) is 13.8. The Kier molecular flexibility index (Phi) is 4.78. The first-order valence-electron chi connectivity index (χ1n) is 9.29. The van der Waals surface area contributed by atoms with Gasteiger partial charge in [-0.3, -0.25) is 14.5 Å². The lowest BCUT2D eigenvalue weighted by molar-refractivity contribution is -0.133. The molecule has 0 aromatic heterocycles. The van der Waals surface area contributed by atoms with Crippen molar-refractivity contribution in [2.24, 2.45) is 0 Å². The van der Waals surface area contributed by atoms with Gasteiger partial charge in [0.15, 0.2) is 0 Å². The number of carbonyl (C=O) groups excluding carboxylic acids is 3. The molecule has 1 atom stereocenters. The predicted molar refractivity (Wildman–Crippen MR) is 106 cm³/mol. The number of amides is 4. The van der Waals surface area contributed by atoms with Crippen LogP contribution in [0.4, 0.5) is 14.9 Å². The Bertz CT molecular complexity index is 1040. The fourth-order valence-electron chi connectivity index (χ4n) is 3.85. The van der Waals surface area contributed by atoms with E-state index in [2.05, 4.69) is 10.6 Å². The van der Waals surface area contributed by atoms with Gasteiger partial charge in [-0.2, -0.15) is 0 Å². The SMILES string of the molecule is C[C@]1(c2ccc3c(c2)CCC3)NC(=O)N(CC(=O)Nc2cc(Cl)ccc2F)C1=O. The number of rotatable bonds is 4. The maximum atomic E-state index is 13.8. The van der Waals surface area contributed by atoms with Crippen LogP contribution in [0.3, 0.4) is 0 Å². The molecule has 2 aromatic rings. The molecule has 4 amide bonds. The number of nitrogens with one attached hydrogen (secondary N) is 2. The zero-order chi connectivity index (χ0) is 20.8. The summed E-state index contributed by atoms with van der Waals surface area (Å²) in [6.45, 7) is 1.09. The molecule has 2 N–H and O–H groups in total. The zero-order valence-corrected chi connectivity index (χ0v) is 16.5. The van der Waals surface area contributed by atoms with Crippen molar-refractivity contribution in [3.05, 3.63) is 63.9 Å². The Hall–Kier alpha value is -2.93. The van der Waals surface area contributed by atoms with Gasteiger partial charge in [0.1, 0.15) is 17.9 Å². The average molecular weight is 416 g/mol. The zero-order valence-electron chi connectivity index (χ0n) is 15.7. The normalized spacial score (nSPS) is 20.6. The van der Waals surface area contributed by atoms with E-state index in [0.29, 0.717) is 5.56 Å². The van der Waals surface area contributed by atoms with Gasteiger partial charge in [-0.05, 0) is 61.1 Å². The molecule has 2 aromatic carbocycles. The average Bonchev–Trinajstić information content (AvgIpc) is 3.23. The lowest BCUT2D eigenvalue weighted by Gasteiger charge is -2.23. The number of halogens is 2. The molecule has 1 aliphatic heterocycles. The summed E-state index contributed by atoms with van der Waals surface area (Å²) < 4.78 is 13.8. The van der Waals surface area contributed by atoms with Gasteiger partial charge in [-0.1, -0.05) is 29.8 Å². The van der Waals surface area contributed by atoms with Gasteiger partial charge in [0.25, 0.3) is 5.91 Å². The van der Waals surface area contributed by atoms with Crippen LogP contribution in [0.1, 0.15) is 30.0 Å². The van der Waals surface area contributed by atoms with Gasteiger partial charge in [-0.15, -0.1) is 0 Å². The summed E-state index contributed by atoms with van der Waals surface area (Å²) in [5, 5.41) is 5.29. The summed E-state index contributed by atoms with van der Waals surface area (Å²) in [5.41, 5.74) is 1.75. The highest BCUT2D eigenvalue weighted by Crippen LogP contribution is 2.32. The summed E-state index contributed by atoms with van der Waals surface area (Å²) in [7, 11) is 0. The minimum absolute atomic E-state index is 0.115. The Balaban J connectivity index is 1.52. The van der Waals surface area contributed by atoms with Crippen molar-refractivity contribution in [2.75, 3.05) is 11.9 Å². The number of fused-ring (bicyclic) bond motifs is 1. The molecule has 6 nitrogen and oxygen atoms in total. The summed E-state index contributed by atoms with van der Waals surface area (Å²) >= 11 is 5.82. The van der Waals surface area contributed by atoms with Crippen LogP contribution in [0, 0.1) is 5.82 Å². The number of aryl methyl sites for hydroxylation is 2. The van der Waals surface area contributed by atoms with Crippen molar-refractivity contribution in [3.63, 3.8) is 0 Å². The maximum absolute atomic E-state index is 13.8. The third-order valence-electron chi connectivity index (χ3n) is 5.46. The van der Waals surface area contributed by atoms with Gasteiger partial charge >= 0.3 is 6.03 Å². The molecule has 8 heteroatoms. The summed E-state index contributed by atoms with van der Waals surface area (Å²) in [6, 6.07) is 8.84. The van der Waals surface area contributed by atoms with E-state index in [-0.39, 0.29) is 10.7 Å². The number of hydrogen-bond acceptors (Lipinski definition) is 3. The molecule has 0 radical (unpaired) electrons. The van der Waals surface area contributed by atoms with Gasteiger partial charge < -0.3 is 10.6 Å². The van der Waals surface area contributed by atoms with Crippen LogP contribution in [-0.2, 0) is 28.0 Å². The monoisotopic (exact) mass is 415 g/mol. The van der Waals surface area contributed by atoms with E-state index in [9.17, 15) is 18.8 Å². The molecule has 1 aliphatic carbocycles. The van der Waals surface area contributed by atoms with Gasteiger partial charge in [0.05, 0.1) is 5.69 Å². The van der Waals surface area contributed by atoms with Crippen LogP contribution < -0.4 is 10.6 Å². The first-order valence-corrected chi connectivity index (χ1v) is 9.67.